The Morgan fingerprint density at radius 1 is 0.854 bits per heavy atom. The van der Waals surface area contributed by atoms with E-state index < -0.39 is 0 Å². The Bertz CT molecular complexity index is 1870. The van der Waals surface area contributed by atoms with Crippen LogP contribution in [0.5, 0.6) is 0 Å². The molecular formula is C43H48N2O3. The van der Waals surface area contributed by atoms with Crippen LogP contribution in [-0.2, 0) is 9.53 Å². The zero-order valence-electron chi connectivity index (χ0n) is 29.5. The van der Waals surface area contributed by atoms with Crippen LogP contribution in [0, 0.1) is 27.7 Å². The van der Waals surface area contributed by atoms with Gasteiger partial charge in [0.2, 0.25) is 11.4 Å². The monoisotopic (exact) mass is 640 g/mol. The van der Waals surface area contributed by atoms with Crippen LogP contribution >= 0.6 is 0 Å². The second-order valence-electron chi connectivity index (χ2n) is 13.7. The van der Waals surface area contributed by atoms with E-state index in [0.29, 0.717) is 11.1 Å². The van der Waals surface area contributed by atoms with E-state index in [1.165, 1.54) is 34.4 Å². The third kappa shape index (κ3) is 6.24. The molecule has 6 rings (SSSR count). The van der Waals surface area contributed by atoms with Crippen LogP contribution in [0.4, 0.5) is 17.1 Å². The minimum absolute atomic E-state index is 0.130. The number of hydrogen-bond donors (Lipinski definition) is 0. The molecule has 0 spiro atoms. The van der Waals surface area contributed by atoms with Crippen molar-refractivity contribution < 1.29 is 19.2 Å². The average molecular weight is 641 g/mol. The molecule has 3 aliphatic carbocycles. The highest BCUT2D eigenvalue weighted by atomic mass is 16.5. The molecule has 0 heterocycles. The van der Waals surface area contributed by atoms with Gasteiger partial charge in [0.25, 0.3) is 0 Å². The summed E-state index contributed by atoms with van der Waals surface area (Å²) < 4.78 is 8.39. The number of carbonyl (C=O) groups excluding carboxylic acids is 1. The lowest BCUT2D eigenvalue weighted by Gasteiger charge is -2.34. The van der Waals surface area contributed by atoms with Gasteiger partial charge in [-0.15, -0.1) is 0 Å². The van der Waals surface area contributed by atoms with E-state index in [9.17, 15) is 9.90 Å². The van der Waals surface area contributed by atoms with Gasteiger partial charge in [-0.25, -0.2) is 0 Å². The lowest BCUT2D eigenvalue weighted by Crippen LogP contribution is -2.41. The summed E-state index contributed by atoms with van der Waals surface area (Å²) in [6, 6.07) is 21.5. The first-order valence-electron chi connectivity index (χ1n) is 17.4. The Morgan fingerprint density at radius 2 is 1.50 bits per heavy atom. The van der Waals surface area contributed by atoms with Crippen molar-refractivity contribution in [3.05, 3.63) is 130 Å². The second-order valence-corrected chi connectivity index (χ2v) is 13.7. The first-order chi connectivity index (χ1) is 23.1. The molecule has 0 bridgehead atoms. The van der Waals surface area contributed by atoms with Gasteiger partial charge in [0.05, 0.1) is 0 Å². The van der Waals surface area contributed by atoms with Crippen molar-refractivity contribution in [3.8, 4) is 0 Å². The van der Waals surface area contributed by atoms with Crippen molar-refractivity contribution in [1.29, 1.82) is 0 Å². The molecule has 3 aliphatic rings. The number of hydrogen-bond acceptors (Lipinski definition) is 4. The standard InChI is InChI=1S/C43H48N2O3/c1-8-31(6)44(36-23-13-27(2)25-29(36)4)34-19-15-32(16-20-34)40-42(46)41(43(40)47)33-17-21-35(22-18-33)45(37-24-14-28(3)26-30(37)5)38-11-9-10-12-39(38)48-7/h13-26,31,38-39H,8-12H2,1-7H3. The largest absolute Gasteiger partial charge is 0.871 e. The predicted octanol–water partition coefficient (Wildman–Crippen LogP) is 8.68. The van der Waals surface area contributed by atoms with Gasteiger partial charge in [0.15, 0.2) is 11.8 Å². The lowest BCUT2D eigenvalue weighted by molar-refractivity contribution is -0.502. The van der Waals surface area contributed by atoms with E-state index in [2.05, 4.69) is 87.4 Å². The maximum atomic E-state index is 13.6. The second kappa shape index (κ2) is 13.9. The number of carbonyl (C=O) groups is 1. The van der Waals surface area contributed by atoms with Crippen LogP contribution in [0.3, 0.4) is 0 Å². The van der Waals surface area contributed by atoms with Crippen molar-refractivity contribution in [3.63, 3.8) is 0 Å². The third-order valence-corrected chi connectivity index (χ3v) is 10.3. The van der Waals surface area contributed by atoms with Gasteiger partial charge in [0, 0.05) is 65.9 Å². The molecule has 0 aromatic heterocycles. The summed E-state index contributed by atoms with van der Waals surface area (Å²) >= 11 is 0. The number of benzene rings is 3. The first kappa shape index (κ1) is 33.4. The number of ether oxygens (including phenoxy) is 1. The SMILES string of the molecule is CCC(C)N(c1ccc(C2=C([O-])C(=C3C=CC(=[N+](c4ccc(C)cc4C)C4CCCCC4OC)C=C3)C2=O)cc1)c1ccc(C)cc1C. The fourth-order valence-electron chi connectivity index (χ4n) is 7.62. The van der Waals surface area contributed by atoms with Gasteiger partial charge >= 0.3 is 0 Å². The molecular weight excluding hydrogens is 592 g/mol. The number of ketones is 1. The van der Waals surface area contributed by atoms with Gasteiger partial charge in [0.1, 0.15) is 6.10 Å². The van der Waals surface area contributed by atoms with Crippen LogP contribution in [0.1, 0.15) is 73.8 Å². The summed E-state index contributed by atoms with van der Waals surface area (Å²) in [6.07, 6.45) is 13.5. The lowest BCUT2D eigenvalue weighted by atomic mass is 9.80. The van der Waals surface area contributed by atoms with Gasteiger partial charge in [-0.2, -0.15) is 4.58 Å². The van der Waals surface area contributed by atoms with Crippen molar-refractivity contribution >= 4 is 34.1 Å². The summed E-state index contributed by atoms with van der Waals surface area (Å²) in [5.74, 6) is -0.377. The Morgan fingerprint density at radius 3 is 2.10 bits per heavy atom. The molecule has 0 aliphatic heterocycles. The number of methoxy groups -OCH3 is 1. The third-order valence-electron chi connectivity index (χ3n) is 10.3. The van der Waals surface area contributed by atoms with Crippen LogP contribution < -0.4 is 10.0 Å². The Hall–Kier alpha value is -4.48. The molecule has 3 unspecified atom stereocenters. The highest BCUT2D eigenvalue weighted by Crippen LogP contribution is 2.40. The Balaban J connectivity index is 1.32. The van der Waals surface area contributed by atoms with Crippen LogP contribution in [0.2, 0.25) is 0 Å². The zero-order valence-corrected chi connectivity index (χ0v) is 29.5. The number of Topliss-reactive ketones (excluding diaryl/α,β-unsaturated/α-hetero) is 1. The van der Waals surface area contributed by atoms with Gasteiger partial charge in [-0.3, -0.25) is 4.79 Å². The molecule has 0 radical (unpaired) electrons. The molecule has 5 nitrogen and oxygen atoms in total. The molecule has 0 amide bonds. The highest BCUT2D eigenvalue weighted by Gasteiger charge is 2.38. The Kier molecular flexibility index (Phi) is 9.70. The maximum absolute atomic E-state index is 13.6. The summed E-state index contributed by atoms with van der Waals surface area (Å²) in [5, 5.41) is 13.6. The minimum atomic E-state index is -0.188. The topological polar surface area (TPSA) is 55.6 Å². The quantitative estimate of drug-likeness (QED) is 0.183. The van der Waals surface area contributed by atoms with E-state index in [0.717, 1.165) is 42.8 Å². The first-order valence-corrected chi connectivity index (χ1v) is 17.4. The van der Waals surface area contributed by atoms with Crippen molar-refractivity contribution in [2.75, 3.05) is 12.0 Å². The average Bonchev–Trinajstić information content (AvgIpc) is 3.08. The number of nitrogens with zero attached hydrogens (tertiary/aromatic N) is 2. The zero-order chi connectivity index (χ0) is 34.1. The normalized spacial score (nSPS) is 19.9. The molecule has 1 fully saturated rings. The van der Waals surface area contributed by atoms with E-state index in [4.69, 9.17) is 4.74 Å². The van der Waals surface area contributed by atoms with Crippen molar-refractivity contribution in [2.45, 2.75) is 91.8 Å². The molecule has 0 N–H and O–H groups in total. The Labute approximate surface area is 286 Å². The molecule has 48 heavy (non-hydrogen) atoms. The van der Waals surface area contributed by atoms with E-state index in [1.54, 1.807) is 0 Å². The fraction of sp³-hybridized carbons (Fsp3) is 0.349. The fourth-order valence-corrected chi connectivity index (χ4v) is 7.62. The molecule has 0 saturated heterocycles. The predicted molar refractivity (Wildman–Crippen MR) is 195 cm³/mol. The van der Waals surface area contributed by atoms with Crippen LogP contribution in [-0.4, -0.2) is 41.4 Å². The molecule has 5 heteroatoms. The maximum Gasteiger partial charge on any atom is 0.208 e. The molecule has 3 aromatic rings. The van der Waals surface area contributed by atoms with Gasteiger partial charge in [-0.05, 0) is 107 Å². The number of aryl methyl sites for hydroxylation is 4. The van der Waals surface area contributed by atoms with E-state index in [1.807, 2.05) is 55.7 Å². The van der Waals surface area contributed by atoms with Crippen molar-refractivity contribution in [1.82, 2.24) is 0 Å². The molecule has 3 atom stereocenters. The summed E-state index contributed by atoms with van der Waals surface area (Å²) in [7, 11) is 1.81. The molecule has 3 aromatic carbocycles. The van der Waals surface area contributed by atoms with Crippen LogP contribution in [0.25, 0.3) is 5.57 Å². The number of rotatable bonds is 8. The number of anilines is 2. The smallest absolute Gasteiger partial charge is 0.208 e. The minimum Gasteiger partial charge on any atom is -0.871 e. The van der Waals surface area contributed by atoms with Crippen LogP contribution in [0.15, 0.2) is 102 Å². The highest BCUT2D eigenvalue weighted by molar-refractivity contribution is 6.39. The summed E-state index contributed by atoms with van der Waals surface area (Å²) in [4.78, 5) is 15.9. The molecule has 248 valence electrons. The van der Waals surface area contributed by atoms with Gasteiger partial charge in [-0.1, -0.05) is 60.6 Å². The summed E-state index contributed by atoms with van der Waals surface area (Å²) in [5.41, 5.74) is 11.2. The number of allylic oxidation sites excluding steroid dienone is 7. The van der Waals surface area contributed by atoms with E-state index >= 15 is 0 Å². The van der Waals surface area contributed by atoms with Crippen molar-refractivity contribution in [2.24, 2.45) is 0 Å². The van der Waals surface area contributed by atoms with E-state index in [-0.39, 0.29) is 40.9 Å². The summed E-state index contributed by atoms with van der Waals surface area (Å²) in [6.45, 7) is 12.9. The van der Waals surface area contributed by atoms with Gasteiger partial charge < -0.3 is 14.7 Å². The molecule has 1 saturated carbocycles.